The van der Waals surface area contributed by atoms with E-state index >= 15 is 0 Å². The third kappa shape index (κ3) is 2.91. The van der Waals surface area contributed by atoms with Crippen molar-refractivity contribution in [3.63, 3.8) is 0 Å². The van der Waals surface area contributed by atoms with Crippen molar-refractivity contribution in [3.05, 3.63) is 68.0 Å². The molecule has 0 spiro atoms. The number of carbonyl (C=O) groups excluding carboxylic acids is 1. The highest BCUT2D eigenvalue weighted by atomic mass is 35.5. The van der Waals surface area contributed by atoms with Crippen LogP contribution in [0.5, 0.6) is 0 Å². The van der Waals surface area contributed by atoms with Gasteiger partial charge in [0.05, 0.1) is 9.95 Å². The summed E-state index contributed by atoms with van der Waals surface area (Å²) in [5.41, 5.74) is 1.12. The first-order valence-corrected chi connectivity index (χ1v) is 7.90. The van der Waals surface area contributed by atoms with Crippen molar-refractivity contribution in [2.24, 2.45) is 0 Å². The second-order valence-electron chi connectivity index (χ2n) is 4.95. The summed E-state index contributed by atoms with van der Waals surface area (Å²) in [6.07, 6.45) is 0. The van der Waals surface area contributed by atoms with Crippen molar-refractivity contribution in [1.29, 1.82) is 0 Å². The number of nitro groups is 1. The molecule has 0 bridgehead atoms. The molecule has 1 aromatic heterocycles. The maximum Gasteiger partial charge on any atom is 0.269 e. The molecule has 0 aliphatic carbocycles. The molecule has 2 aromatic carbocycles. The van der Waals surface area contributed by atoms with Gasteiger partial charge in [-0.2, -0.15) is 0 Å². The van der Waals surface area contributed by atoms with Crippen LogP contribution in [-0.4, -0.2) is 10.8 Å². The second-order valence-corrected chi connectivity index (χ2v) is 6.38. The monoisotopic (exact) mass is 346 g/mol. The fourth-order valence-corrected chi connectivity index (χ4v) is 3.65. The summed E-state index contributed by atoms with van der Waals surface area (Å²) in [5, 5.41) is 14.8. The van der Waals surface area contributed by atoms with Gasteiger partial charge in [-0.3, -0.25) is 14.9 Å². The third-order valence-corrected chi connectivity index (χ3v) is 5.08. The van der Waals surface area contributed by atoms with E-state index in [4.69, 9.17) is 11.6 Å². The molecule has 1 amide bonds. The van der Waals surface area contributed by atoms with Gasteiger partial charge < -0.3 is 5.32 Å². The topological polar surface area (TPSA) is 72.2 Å². The van der Waals surface area contributed by atoms with Crippen LogP contribution < -0.4 is 5.32 Å². The lowest BCUT2D eigenvalue weighted by Crippen LogP contribution is -2.11. The smallest absolute Gasteiger partial charge is 0.269 e. The van der Waals surface area contributed by atoms with E-state index in [9.17, 15) is 14.9 Å². The molecule has 0 atom stereocenters. The van der Waals surface area contributed by atoms with Crippen LogP contribution in [0.2, 0.25) is 5.02 Å². The van der Waals surface area contributed by atoms with Gasteiger partial charge >= 0.3 is 0 Å². The minimum absolute atomic E-state index is 0.0135. The number of hydrogen-bond acceptors (Lipinski definition) is 4. The highest BCUT2D eigenvalue weighted by Gasteiger charge is 2.18. The van der Waals surface area contributed by atoms with E-state index in [0.29, 0.717) is 21.2 Å². The van der Waals surface area contributed by atoms with Crippen LogP contribution >= 0.6 is 22.9 Å². The number of nitrogens with zero attached hydrogens (tertiary/aromatic N) is 1. The van der Waals surface area contributed by atoms with E-state index in [1.807, 2.05) is 24.3 Å². The first kappa shape index (κ1) is 15.5. The summed E-state index contributed by atoms with van der Waals surface area (Å²) >= 11 is 7.60. The fourth-order valence-electron chi connectivity index (χ4n) is 2.24. The lowest BCUT2D eigenvalue weighted by molar-refractivity contribution is -0.384. The lowest BCUT2D eigenvalue weighted by atomic mass is 10.1. The summed E-state index contributed by atoms with van der Waals surface area (Å²) < 4.78 is 0.933. The van der Waals surface area contributed by atoms with Crippen LogP contribution in [0, 0.1) is 17.0 Å². The van der Waals surface area contributed by atoms with Gasteiger partial charge in [0, 0.05) is 27.9 Å². The average Bonchev–Trinajstić information content (AvgIpc) is 2.87. The molecular formula is C16H11ClN2O3S. The highest BCUT2D eigenvalue weighted by molar-refractivity contribution is 7.21. The first-order chi connectivity index (χ1) is 11.0. The highest BCUT2D eigenvalue weighted by Crippen LogP contribution is 2.35. The Balaban J connectivity index is 1.92. The van der Waals surface area contributed by atoms with Crippen LogP contribution in [0.1, 0.15) is 15.2 Å². The molecule has 5 nitrogen and oxygen atoms in total. The Hall–Kier alpha value is -2.44. The van der Waals surface area contributed by atoms with Gasteiger partial charge in [0.1, 0.15) is 4.88 Å². The van der Waals surface area contributed by atoms with Gasteiger partial charge in [0.15, 0.2) is 0 Å². The lowest BCUT2D eigenvalue weighted by Gasteiger charge is -2.07. The van der Waals surface area contributed by atoms with Crippen LogP contribution in [0.4, 0.5) is 11.4 Å². The Labute approximate surface area is 140 Å². The zero-order valence-corrected chi connectivity index (χ0v) is 13.6. The minimum atomic E-state index is -0.471. The molecule has 0 saturated heterocycles. The summed E-state index contributed by atoms with van der Waals surface area (Å²) in [5.74, 6) is -0.326. The molecule has 0 aliphatic rings. The Morgan fingerprint density at radius 3 is 2.65 bits per heavy atom. The van der Waals surface area contributed by atoms with Crippen LogP contribution in [0.15, 0.2) is 42.5 Å². The molecule has 23 heavy (non-hydrogen) atoms. The number of anilines is 1. The molecule has 0 saturated carbocycles. The maximum atomic E-state index is 12.5. The Bertz CT molecular complexity index is 936. The number of fused-ring (bicyclic) bond motifs is 1. The maximum absolute atomic E-state index is 12.5. The Morgan fingerprint density at radius 2 is 2.00 bits per heavy atom. The molecule has 7 heteroatoms. The number of halogens is 1. The van der Waals surface area contributed by atoms with Crippen molar-refractivity contribution in [1.82, 2.24) is 0 Å². The number of carbonyl (C=O) groups is 1. The van der Waals surface area contributed by atoms with Crippen LogP contribution in [0.3, 0.4) is 0 Å². The minimum Gasteiger partial charge on any atom is -0.321 e. The Kier molecular flexibility index (Phi) is 4.02. The summed E-state index contributed by atoms with van der Waals surface area (Å²) in [6, 6.07) is 11.8. The number of benzene rings is 2. The SMILES string of the molecule is Cc1cc([N+](=O)[O-])ccc1NC(=O)c1sc2ccccc2c1Cl. The number of nitrogens with one attached hydrogen (secondary N) is 1. The predicted octanol–water partition coefficient (Wildman–Crippen LogP) is 5.02. The van der Waals surface area contributed by atoms with E-state index in [1.165, 1.54) is 29.5 Å². The zero-order chi connectivity index (χ0) is 16.6. The largest absolute Gasteiger partial charge is 0.321 e. The molecule has 0 unspecified atom stereocenters. The van der Waals surface area contributed by atoms with Crippen molar-refractivity contribution in [2.45, 2.75) is 6.92 Å². The van der Waals surface area contributed by atoms with Gasteiger partial charge in [0.2, 0.25) is 0 Å². The van der Waals surface area contributed by atoms with E-state index in [1.54, 1.807) is 6.92 Å². The molecule has 1 N–H and O–H groups in total. The first-order valence-electron chi connectivity index (χ1n) is 6.71. The van der Waals surface area contributed by atoms with Gasteiger partial charge in [-0.1, -0.05) is 29.8 Å². The van der Waals surface area contributed by atoms with E-state index < -0.39 is 4.92 Å². The van der Waals surface area contributed by atoms with Gasteiger partial charge in [0.25, 0.3) is 11.6 Å². The van der Waals surface area contributed by atoms with Crippen molar-refractivity contribution in [3.8, 4) is 0 Å². The molecule has 1 heterocycles. The molecule has 3 rings (SSSR count). The van der Waals surface area contributed by atoms with E-state index in [0.717, 1.165) is 10.1 Å². The predicted molar refractivity (Wildman–Crippen MR) is 92.6 cm³/mol. The van der Waals surface area contributed by atoms with Gasteiger partial charge in [-0.05, 0) is 24.6 Å². The van der Waals surface area contributed by atoms with Gasteiger partial charge in [-0.15, -0.1) is 11.3 Å². The van der Waals surface area contributed by atoms with Crippen molar-refractivity contribution < 1.29 is 9.72 Å². The van der Waals surface area contributed by atoms with Crippen molar-refractivity contribution >= 4 is 50.3 Å². The zero-order valence-electron chi connectivity index (χ0n) is 12.0. The summed E-state index contributed by atoms with van der Waals surface area (Å²) in [6.45, 7) is 1.70. The average molecular weight is 347 g/mol. The second kappa shape index (κ2) is 5.98. The molecule has 116 valence electrons. The number of thiophene rings is 1. The third-order valence-electron chi connectivity index (χ3n) is 3.41. The van der Waals surface area contributed by atoms with Crippen LogP contribution in [-0.2, 0) is 0 Å². The number of rotatable bonds is 3. The van der Waals surface area contributed by atoms with E-state index in [2.05, 4.69) is 5.32 Å². The number of aryl methyl sites for hydroxylation is 1. The number of amides is 1. The summed E-state index contributed by atoms with van der Waals surface area (Å²) in [7, 11) is 0. The fraction of sp³-hybridized carbons (Fsp3) is 0.0625. The molecular weight excluding hydrogens is 336 g/mol. The molecule has 3 aromatic rings. The molecule has 0 aliphatic heterocycles. The number of nitro benzene ring substituents is 1. The molecule has 0 fully saturated rings. The molecule has 0 radical (unpaired) electrons. The summed E-state index contributed by atoms with van der Waals surface area (Å²) in [4.78, 5) is 23.2. The van der Waals surface area contributed by atoms with E-state index in [-0.39, 0.29) is 11.6 Å². The number of hydrogen-bond donors (Lipinski definition) is 1. The van der Waals surface area contributed by atoms with Gasteiger partial charge in [-0.25, -0.2) is 0 Å². The number of non-ortho nitro benzene ring substituents is 1. The Morgan fingerprint density at radius 1 is 1.26 bits per heavy atom. The van der Waals surface area contributed by atoms with Crippen LogP contribution in [0.25, 0.3) is 10.1 Å². The quantitative estimate of drug-likeness (QED) is 0.534. The normalized spacial score (nSPS) is 10.7. The van der Waals surface area contributed by atoms with Crippen molar-refractivity contribution in [2.75, 3.05) is 5.32 Å². The standard InChI is InChI=1S/C16H11ClN2O3S/c1-9-8-10(19(21)22)6-7-12(9)18-16(20)15-14(17)11-4-2-3-5-13(11)23-15/h2-8H,1H3,(H,18,20).